The van der Waals surface area contributed by atoms with E-state index in [9.17, 15) is 4.79 Å². The lowest BCUT2D eigenvalue weighted by molar-refractivity contribution is -0.109. The van der Waals surface area contributed by atoms with Crippen LogP contribution < -0.4 is 5.32 Å². The molecule has 3 nitrogen and oxygen atoms in total. The van der Waals surface area contributed by atoms with Gasteiger partial charge in [0.05, 0.1) is 12.2 Å². The highest BCUT2D eigenvalue weighted by atomic mass is 35.5. The molecule has 18 heavy (non-hydrogen) atoms. The SMILES string of the molecule is CC(C)(C)OCCc1c(Cl)cccc1CNC=O. The number of carbonyl (C=O) groups excluding carboxylic acids is 1. The standard InChI is InChI=1S/C14H20ClNO2/c1-14(2,3)18-8-7-12-11(9-16-10-17)5-4-6-13(12)15/h4-6,10H,7-9H2,1-3H3,(H,16,17). The number of halogens is 1. The topological polar surface area (TPSA) is 38.3 Å². The maximum Gasteiger partial charge on any atom is 0.207 e. The van der Waals surface area contributed by atoms with Gasteiger partial charge in [-0.1, -0.05) is 23.7 Å². The van der Waals surface area contributed by atoms with Gasteiger partial charge in [0, 0.05) is 11.6 Å². The van der Waals surface area contributed by atoms with Gasteiger partial charge in [-0.3, -0.25) is 4.79 Å². The molecule has 100 valence electrons. The van der Waals surface area contributed by atoms with E-state index >= 15 is 0 Å². The van der Waals surface area contributed by atoms with Crippen LogP contribution in [0.15, 0.2) is 18.2 Å². The molecule has 0 heterocycles. The summed E-state index contributed by atoms with van der Waals surface area (Å²) in [5.41, 5.74) is 1.92. The monoisotopic (exact) mass is 269 g/mol. The van der Waals surface area contributed by atoms with Crippen molar-refractivity contribution in [3.05, 3.63) is 34.3 Å². The van der Waals surface area contributed by atoms with E-state index in [4.69, 9.17) is 16.3 Å². The van der Waals surface area contributed by atoms with E-state index in [2.05, 4.69) is 5.32 Å². The summed E-state index contributed by atoms with van der Waals surface area (Å²) < 4.78 is 5.70. The van der Waals surface area contributed by atoms with E-state index < -0.39 is 0 Å². The summed E-state index contributed by atoms with van der Waals surface area (Å²) in [6.45, 7) is 7.17. The zero-order valence-corrected chi connectivity index (χ0v) is 11.9. The van der Waals surface area contributed by atoms with Crippen molar-refractivity contribution < 1.29 is 9.53 Å². The third-order valence-electron chi connectivity index (χ3n) is 2.48. The van der Waals surface area contributed by atoms with Gasteiger partial charge in [-0.15, -0.1) is 0 Å². The number of hydrogen-bond acceptors (Lipinski definition) is 2. The van der Waals surface area contributed by atoms with Crippen LogP contribution in [0, 0.1) is 0 Å². The molecule has 0 fully saturated rings. The molecule has 0 atom stereocenters. The highest BCUT2D eigenvalue weighted by Crippen LogP contribution is 2.21. The summed E-state index contributed by atoms with van der Waals surface area (Å²) in [7, 11) is 0. The predicted octanol–water partition coefficient (Wildman–Crippen LogP) is 2.94. The minimum Gasteiger partial charge on any atom is -0.376 e. The maximum absolute atomic E-state index is 10.4. The van der Waals surface area contributed by atoms with Crippen LogP contribution in [0.2, 0.25) is 5.02 Å². The summed E-state index contributed by atoms with van der Waals surface area (Å²) >= 11 is 6.19. The molecule has 0 unspecified atom stereocenters. The number of carbonyl (C=O) groups is 1. The normalized spacial score (nSPS) is 11.3. The Labute approximate surface area is 113 Å². The van der Waals surface area contributed by atoms with Gasteiger partial charge in [0.1, 0.15) is 0 Å². The van der Waals surface area contributed by atoms with E-state index in [1.165, 1.54) is 0 Å². The zero-order valence-electron chi connectivity index (χ0n) is 11.1. The Morgan fingerprint density at radius 2 is 2.11 bits per heavy atom. The first-order valence-electron chi connectivity index (χ1n) is 6.01. The van der Waals surface area contributed by atoms with Gasteiger partial charge in [0.25, 0.3) is 0 Å². The van der Waals surface area contributed by atoms with Gasteiger partial charge in [-0.05, 0) is 44.4 Å². The Morgan fingerprint density at radius 3 is 2.72 bits per heavy atom. The van der Waals surface area contributed by atoms with Crippen molar-refractivity contribution in [1.82, 2.24) is 5.32 Å². The molecule has 0 radical (unpaired) electrons. The van der Waals surface area contributed by atoms with E-state index in [1.807, 2.05) is 39.0 Å². The summed E-state index contributed by atoms with van der Waals surface area (Å²) in [6.07, 6.45) is 1.43. The highest BCUT2D eigenvalue weighted by molar-refractivity contribution is 6.31. The quantitative estimate of drug-likeness (QED) is 0.807. The third-order valence-corrected chi connectivity index (χ3v) is 2.83. The van der Waals surface area contributed by atoms with Crippen molar-refractivity contribution in [3.63, 3.8) is 0 Å². The molecule has 0 bridgehead atoms. The molecule has 0 aliphatic carbocycles. The Bertz CT molecular complexity index is 399. The number of ether oxygens (including phenoxy) is 1. The molecule has 0 saturated carbocycles. The summed E-state index contributed by atoms with van der Waals surface area (Å²) in [6, 6.07) is 5.71. The van der Waals surface area contributed by atoms with Crippen molar-refractivity contribution in [2.45, 2.75) is 39.3 Å². The average Bonchev–Trinajstić information content (AvgIpc) is 2.27. The lowest BCUT2D eigenvalue weighted by Gasteiger charge is -2.20. The Balaban J connectivity index is 2.70. The predicted molar refractivity (Wildman–Crippen MR) is 73.8 cm³/mol. The smallest absolute Gasteiger partial charge is 0.207 e. The average molecular weight is 270 g/mol. The second kappa shape index (κ2) is 6.76. The maximum atomic E-state index is 10.4. The van der Waals surface area contributed by atoms with E-state index in [0.717, 1.165) is 22.6 Å². The van der Waals surface area contributed by atoms with Crippen LogP contribution in [-0.4, -0.2) is 18.6 Å². The molecule has 1 aromatic carbocycles. The van der Waals surface area contributed by atoms with Crippen molar-refractivity contribution in [2.24, 2.45) is 0 Å². The molecule has 1 N–H and O–H groups in total. The molecule has 0 spiro atoms. The Morgan fingerprint density at radius 1 is 1.39 bits per heavy atom. The van der Waals surface area contributed by atoms with Gasteiger partial charge in [0.15, 0.2) is 0 Å². The second-order valence-electron chi connectivity index (χ2n) is 5.09. The number of amides is 1. The molecule has 0 saturated heterocycles. The molecule has 1 rings (SSSR count). The molecular formula is C14H20ClNO2. The largest absolute Gasteiger partial charge is 0.376 e. The van der Waals surface area contributed by atoms with Crippen LogP contribution in [0.5, 0.6) is 0 Å². The van der Waals surface area contributed by atoms with Gasteiger partial charge in [-0.2, -0.15) is 0 Å². The molecule has 0 aliphatic heterocycles. The van der Waals surface area contributed by atoms with E-state index in [-0.39, 0.29) is 5.60 Å². The minimum absolute atomic E-state index is 0.150. The number of hydrogen-bond donors (Lipinski definition) is 1. The van der Waals surface area contributed by atoms with Crippen LogP contribution in [-0.2, 0) is 22.5 Å². The molecule has 1 aromatic rings. The number of rotatable bonds is 6. The van der Waals surface area contributed by atoms with Crippen LogP contribution in [0.3, 0.4) is 0 Å². The fourth-order valence-electron chi connectivity index (χ4n) is 1.66. The summed E-state index contributed by atoms with van der Waals surface area (Å²) in [5, 5.41) is 3.38. The summed E-state index contributed by atoms with van der Waals surface area (Å²) in [4.78, 5) is 10.4. The van der Waals surface area contributed by atoms with Gasteiger partial charge < -0.3 is 10.1 Å². The summed E-state index contributed by atoms with van der Waals surface area (Å²) in [5.74, 6) is 0. The fourth-order valence-corrected chi connectivity index (χ4v) is 1.95. The highest BCUT2D eigenvalue weighted by Gasteiger charge is 2.12. The molecule has 1 amide bonds. The molecule has 4 heteroatoms. The second-order valence-corrected chi connectivity index (χ2v) is 5.49. The first kappa shape index (κ1) is 15.0. The van der Waals surface area contributed by atoms with Gasteiger partial charge in [-0.25, -0.2) is 0 Å². The van der Waals surface area contributed by atoms with Crippen molar-refractivity contribution >= 4 is 18.0 Å². The van der Waals surface area contributed by atoms with Crippen LogP contribution >= 0.6 is 11.6 Å². The van der Waals surface area contributed by atoms with Gasteiger partial charge >= 0.3 is 0 Å². The molecular weight excluding hydrogens is 250 g/mol. The third kappa shape index (κ3) is 5.07. The van der Waals surface area contributed by atoms with Crippen molar-refractivity contribution in [3.8, 4) is 0 Å². The van der Waals surface area contributed by atoms with Crippen LogP contribution in [0.25, 0.3) is 0 Å². The van der Waals surface area contributed by atoms with Crippen molar-refractivity contribution in [1.29, 1.82) is 0 Å². The van der Waals surface area contributed by atoms with E-state index in [0.29, 0.717) is 19.6 Å². The first-order chi connectivity index (χ1) is 8.44. The fraction of sp³-hybridized carbons (Fsp3) is 0.500. The van der Waals surface area contributed by atoms with Crippen molar-refractivity contribution in [2.75, 3.05) is 6.61 Å². The lowest BCUT2D eigenvalue weighted by Crippen LogP contribution is -2.21. The Kier molecular flexibility index (Phi) is 5.63. The van der Waals surface area contributed by atoms with Crippen LogP contribution in [0.1, 0.15) is 31.9 Å². The van der Waals surface area contributed by atoms with Crippen LogP contribution in [0.4, 0.5) is 0 Å². The minimum atomic E-state index is -0.150. The number of benzene rings is 1. The zero-order chi connectivity index (χ0) is 13.6. The molecule has 0 aliphatic rings. The number of nitrogens with one attached hydrogen (secondary N) is 1. The van der Waals surface area contributed by atoms with Gasteiger partial charge in [0.2, 0.25) is 6.41 Å². The molecule has 0 aromatic heterocycles. The first-order valence-corrected chi connectivity index (χ1v) is 6.39. The Hall–Kier alpha value is -1.06. The van der Waals surface area contributed by atoms with E-state index in [1.54, 1.807) is 0 Å². The lowest BCUT2D eigenvalue weighted by atomic mass is 10.0.